The van der Waals surface area contributed by atoms with Crippen molar-refractivity contribution in [1.82, 2.24) is 4.68 Å². The summed E-state index contributed by atoms with van der Waals surface area (Å²) in [6.45, 7) is 4.75. The fourth-order valence-electron chi connectivity index (χ4n) is 3.17. The average molecular weight is 399 g/mol. The minimum atomic E-state index is -0.588. The third-order valence-corrected chi connectivity index (χ3v) is 4.81. The number of nitrogens with one attached hydrogen (secondary N) is 1. The molecule has 6 heteroatoms. The number of benzene rings is 2. The van der Waals surface area contributed by atoms with Crippen LogP contribution in [-0.4, -0.2) is 24.3 Å². The summed E-state index contributed by atoms with van der Waals surface area (Å²) < 4.78 is 6.34. The van der Waals surface area contributed by atoms with Crippen LogP contribution in [0.5, 0.6) is 0 Å². The first-order valence-corrected chi connectivity index (χ1v) is 9.57. The molecule has 0 aliphatic carbocycles. The molecule has 0 aliphatic heterocycles. The minimum absolute atomic E-state index is 0.164. The predicted octanol–water partition coefficient (Wildman–Crippen LogP) is 4.70. The van der Waals surface area contributed by atoms with E-state index >= 15 is 0 Å². The quantitative estimate of drug-likeness (QED) is 0.611. The molecule has 1 aromatic heterocycles. The Kier molecular flexibility index (Phi) is 6.05. The molecule has 5 nitrogen and oxygen atoms in total. The summed E-state index contributed by atoms with van der Waals surface area (Å²) in [7, 11) is 1.31. The zero-order valence-electron chi connectivity index (χ0n) is 16.2. The standard InChI is InChI=1S/C22H23ClN2O3/c1-14(2)11-12-24-25-20(22(27)28-3)19(15-7-5-4-6-8-15)18-13-16(23)9-10-17(18)21(25)26/h4-10,13-14,24H,11-12H2,1-3H3. The molecule has 3 rings (SSSR count). The molecule has 146 valence electrons. The van der Waals surface area contributed by atoms with Crippen molar-refractivity contribution in [3.8, 4) is 11.1 Å². The number of esters is 1. The highest BCUT2D eigenvalue weighted by Gasteiger charge is 2.24. The van der Waals surface area contributed by atoms with Crippen LogP contribution in [0.3, 0.4) is 0 Å². The lowest BCUT2D eigenvalue weighted by atomic mass is 9.97. The van der Waals surface area contributed by atoms with Crippen LogP contribution in [0.2, 0.25) is 5.02 Å². The zero-order valence-corrected chi connectivity index (χ0v) is 16.9. The highest BCUT2D eigenvalue weighted by atomic mass is 35.5. The fraction of sp³-hybridized carbons (Fsp3) is 0.273. The van der Waals surface area contributed by atoms with Gasteiger partial charge in [-0.1, -0.05) is 55.8 Å². The van der Waals surface area contributed by atoms with Crippen LogP contribution in [0, 0.1) is 5.92 Å². The monoisotopic (exact) mass is 398 g/mol. The molecule has 0 spiro atoms. The van der Waals surface area contributed by atoms with Crippen LogP contribution in [0.25, 0.3) is 21.9 Å². The molecular formula is C22H23ClN2O3. The normalized spacial score (nSPS) is 11.0. The first-order chi connectivity index (χ1) is 13.4. The maximum atomic E-state index is 13.2. The van der Waals surface area contributed by atoms with E-state index in [1.165, 1.54) is 11.8 Å². The maximum absolute atomic E-state index is 13.2. The van der Waals surface area contributed by atoms with Gasteiger partial charge in [-0.2, -0.15) is 0 Å². The number of halogens is 1. The molecule has 0 saturated heterocycles. The van der Waals surface area contributed by atoms with Crippen molar-refractivity contribution in [2.45, 2.75) is 20.3 Å². The number of aromatic nitrogens is 1. The van der Waals surface area contributed by atoms with Crippen molar-refractivity contribution in [3.05, 3.63) is 69.6 Å². The van der Waals surface area contributed by atoms with Crippen LogP contribution in [-0.2, 0) is 4.74 Å². The molecule has 0 amide bonds. The van der Waals surface area contributed by atoms with Gasteiger partial charge >= 0.3 is 5.97 Å². The van der Waals surface area contributed by atoms with Gasteiger partial charge in [0.2, 0.25) is 0 Å². The van der Waals surface area contributed by atoms with E-state index in [1.54, 1.807) is 18.2 Å². The van der Waals surface area contributed by atoms with Crippen molar-refractivity contribution in [3.63, 3.8) is 0 Å². The lowest BCUT2D eigenvalue weighted by Gasteiger charge is -2.20. The number of carbonyl (C=O) groups excluding carboxylic acids is 1. The van der Waals surface area contributed by atoms with E-state index in [1.807, 2.05) is 30.3 Å². The second-order valence-corrected chi connectivity index (χ2v) is 7.44. The Morgan fingerprint density at radius 1 is 1.14 bits per heavy atom. The van der Waals surface area contributed by atoms with E-state index in [9.17, 15) is 9.59 Å². The molecule has 2 aromatic carbocycles. The number of carbonyl (C=O) groups is 1. The largest absolute Gasteiger partial charge is 0.464 e. The van der Waals surface area contributed by atoms with Gasteiger partial charge in [-0.15, -0.1) is 0 Å². The van der Waals surface area contributed by atoms with Gasteiger partial charge in [-0.25, -0.2) is 9.47 Å². The first-order valence-electron chi connectivity index (χ1n) is 9.20. The summed E-state index contributed by atoms with van der Waals surface area (Å²) in [5.74, 6) is -0.132. The van der Waals surface area contributed by atoms with Crippen molar-refractivity contribution in [1.29, 1.82) is 0 Å². The lowest BCUT2D eigenvalue weighted by molar-refractivity contribution is 0.0590. The Labute approximate surface area is 168 Å². The summed E-state index contributed by atoms with van der Waals surface area (Å²) in [6, 6.07) is 14.5. The summed E-state index contributed by atoms with van der Waals surface area (Å²) in [5.41, 5.74) is 4.38. The van der Waals surface area contributed by atoms with Crippen LogP contribution in [0.15, 0.2) is 53.3 Å². The molecule has 0 aliphatic rings. The number of pyridine rings is 1. The Hall–Kier alpha value is -2.79. The summed E-state index contributed by atoms with van der Waals surface area (Å²) in [6.07, 6.45) is 0.854. The average Bonchev–Trinajstić information content (AvgIpc) is 2.69. The van der Waals surface area contributed by atoms with E-state index < -0.39 is 5.97 Å². The Bertz CT molecular complexity index is 1060. The van der Waals surface area contributed by atoms with Gasteiger partial charge in [-0.3, -0.25) is 4.79 Å². The number of ether oxygens (including phenoxy) is 1. The fourth-order valence-corrected chi connectivity index (χ4v) is 3.35. The summed E-state index contributed by atoms with van der Waals surface area (Å²) in [5, 5.41) is 1.59. The zero-order chi connectivity index (χ0) is 20.3. The van der Waals surface area contributed by atoms with Crippen molar-refractivity contribution < 1.29 is 9.53 Å². The highest BCUT2D eigenvalue weighted by Crippen LogP contribution is 2.32. The van der Waals surface area contributed by atoms with Crippen LogP contribution in [0.1, 0.15) is 30.8 Å². The minimum Gasteiger partial charge on any atom is -0.464 e. The smallest absolute Gasteiger partial charge is 0.357 e. The van der Waals surface area contributed by atoms with E-state index in [0.29, 0.717) is 33.8 Å². The second-order valence-electron chi connectivity index (χ2n) is 7.00. The molecule has 28 heavy (non-hydrogen) atoms. The molecule has 3 aromatic rings. The maximum Gasteiger partial charge on any atom is 0.357 e. The van der Waals surface area contributed by atoms with Gasteiger partial charge in [0, 0.05) is 22.5 Å². The number of nitrogens with zero attached hydrogens (tertiary/aromatic N) is 1. The van der Waals surface area contributed by atoms with E-state index in [4.69, 9.17) is 16.3 Å². The topological polar surface area (TPSA) is 60.3 Å². The number of hydrogen-bond acceptors (Lipinski definition) is 4. The Balaban J connectivity index is 2.38. The summed E-state index contributed by atoms with van der Waals surface area (Å²) >= 11 is 6.21. The number of methoxy groups -OCH3 is 1. The van der Waals surface area contributed by atoms with Crippen LogP contribution >= 0.6 is 11.6 Å². The van der Waals surface area contributed by atoms with Gasteiger partial charge in [-0.05, 0) is 41.5 Å². The van der Waals surface area contributed by atoms with Gasteiger partial charge in [0.05, 0.1) is 7.11 Å². The van der Waals surface area contributed by atoms with Gasteiger partial charge in [0.15, 0.2) is 5.69 Å². The van der Waals surface area contributed by atoms with Crippen molar-refractivity contribution >= 4 is 28.3 Å². The highest BCUT2D eigenvalue weighted by molar-refractivity contribution is 6.31. The number of rotatable bonds is 6. The van der Waals surface area contributed by atoms with E-state index in [-0.39, 0.29) is 11.3 Å². The molecule has 0 unspecified atom stereocenters. The number of fused-ring (bicyclic) bond motifs is 1. The molecule has 0 saturated carbocycles. The molecular weight excluding hydrogens is 376 g/mol. The molecule has 1 N–H and O–H groups in total. The second kappa shape index (κ2) is 8.48. The van der Waals surface area contributed by atoms with E-state index in [0.717, 1.165) is 12.0 Å². The first kappa shape index (κ1) is 20.0. The number of hydrogen-bond donors (Lipinski definition) is 1. The van der Waals surface area contributed by atoms with Crippen LogP contribution < -0.4 is 11.0 Å². The summed E-state index contributed by atoms with van der Waals surface area (Å²) in [4.78, 5) is 25.9. The molecule has 1 heterocycles. The van der Waals surface area contributed by atoms with E-state index in [2.05, 4.69) is 19.3 Å². The molecule has 0 atom stereocenters. The predicted molar refractivity (Wildman–Crippen MR) is 114 cm³/mol. The van der Waals surface area contributed by atoms with Crippen LogP contribution in [0.4, 0.5) is 0 Å². The van der Waals surface area contributed by atoms with Crippen molar-refractivity contribution in [2.75, 3.05) is 19.1 Å². The molecule has 0 fully saturated rings. The molecule has 0 radical (unpaired) electrons. The van der Waals surface area contributed by atoms with Gasteiger partial charge < -0.3 is 10.2 Å². The Morgan fingerprint density at radius 2 is 1.86 bits per heavy atom. The van der Waals surface area contributed by atoms with Gasteiger partial charge in [0.25, 0.3) is 5.56 Å². The molecule has 0 bridgehead atoms. The third-order valence-electron chi connectivity index (χ3n) is 4.58. The SMILES string of the molecule is COC(=O)c1c(-c2ccccc2)c2cc(Cl)ccc2c(=O)n1NCCC(C)C. The third kappa shape index (κ3) is 3.90. The Morgan fingerprint density at radius 3 is 2.50 bits per heavy atom. The van der Waals surface area contributed by atoms with Gasteiger partial charge in [0.1, 0.15) is 0 Å². The van der Waals surface area contributed by atoms with Crippen molar-refractivity contribution in [2.24, 2.45) is 5.92 Å². The lowest BCUT2D eigenvalue weighted by Crippen LogP contribution is -2.35.